The van der Waals surface area contributed by atoms with Crippen LogP contribution in [-0.4, -0.2) is 27.3 Å². The zero-order valence-electron chi connectivity index (χ0n) is 17.7. The van der Waals surface area contributed by atoms with Gasteiger partial charge in [0.05, 0.1) is 0 Å². The van der Waals surface area contributed by atoms with E-state index in [9.17, 15) is 9.59 Å². The molecule has 154 valence electrons. The maximum absolute atomic E-state index is 12.7. The molecule has 0 aliphatic rings. The Morgan fingerprint density at radius 2 is 1.70 bits per heavy atom. The number of benzene rings is 2. The van der Waals surface area contributed by atoms with Gasteiger partial charge >= 0.3 is 5.97 Å². The molecule has 0 aliphatic heterocycles. The van der Waals surface area contributed by atoms with Gasteiger partial charge in [0.25, 0.3) is 0 Å². The summed E-state index contributed by atoms with van der Waals surface area (Å²) >= 11 is 0. The van der Waals surface area contributed by atoms with Crippen molar-refractivity contribution in [2.24, 2.45) is 0 Å². The molecule has 0 saturated heterocycles. The number of esters is 1. The number of aryl methyl sites for hydroxylation is 1. The standard InChI is InChI=1S/C25H26N2O3/c1-17-23(24(29)20-8-6-5-7-9-20)27-21(26-17)16-19-12-10-18(11-13-19)14-15-22(28)30-25(2,3)4/h5-15H,16H2,1-4H3,(H,26,27)/b15-14+. The summed E-state index contributed by atoms with van der Waals surface area (Å²) in [6, 6.07) is 17.0. The smallest absolute Gasteiger partial charge is 0.331 e. The van der Waals surface area contributed by atoms with Crippen LogP contribution in [0.4, 0.5) is 0 Å². The first kappa shape index (κ1) is 21.2. The molecule has 3 aromatic rings. The van der Waals surface area contributed by atoms with Crippen LogP contribution in [0.25, 0.3) is 6.08 Å². The van der Waals surface area contributed by atoms with E-state index in [4.69, 9.17) is 4.74 Å². The van der Waals surface area contributed by atoms with E-state index in [-0.39, 0.29) is 11.8 Å². The van der Waals surface area contributed by atoms with Gasteiger partial charge < -0.3 is 9.72 Å². The number of aromatic nitrogens is 2. The maximum atomic E-state index is 12.7. The number of ketones is 1. The number of rotatable bonds is 6. The van der Waals surface area contributed by atoms with Crippen molar-refractivity contribution in [1.29, 1.82) is 0 Å². The highest BCUT2D eigenvalue weighted by Gasteiger charge is 2.17. The Bertz CT molecular complexity index is 1060. The predicted octanol–water partition coefficient (Wildman–Crippen LogP) is 4.89. The van der Waals surface area contributed by atoms with E-state index in [1.165, 1.54) is 6.08 Å². The Hall–Kier alpha value is -3.47. The number of carbonyl (C=O) groups is 2. The molecule has 0 radical (unpaired) electrons. The summed E-state index contributed by atoms with van der Waals surface area (Å²) in [4.78, 5) is 32.2. The molecule has 5 nitrogen and oxygen atoms in total. The van der Waals surface area contributed by atoms with Gasteiger partial charge in [-0.2, -0.15) is 0 Å². The molecule has 1 aromatic heterocycles. The topological polar surface area (TPSA) is 72.1 Å². The minimum atomic E-state index is -0.507. The van der Waals surface area contributed by atoms with Crippen molar-refractivity contribution >= 4 is 17.8 Å². The van der Waals surface area contributed by atoms with Crippen molar-refractivity contribution < 1.29 is 14.3 Å². The number of nitrogens with one attached hydrogen (secondary N) is 1. The van der Waals surface area contributed by atoms with E-state index >= 15 is 0 Å². The SMILES string of the molecule is Cc1[nH]c(Cc2ccc(/C=C/C(=O)OC(C)(C)C)cc2)nc1C(=O)c1ccccc1. The first-order valence-electron chi connectivity index (χ1n) is 9.86. The van der Waals surface area contributed by atoms with Gasteiger partial charge in [0.2, 0.25) is 5.78 Å². The Morgan fingerprint density at radius 3 is 2.33 bits per heavy atom. The fourth-order valence-electron chi connectivity index (χ4n) is 2.99. The molecule has 5 heteroatoms. The number of ether oxygens (including phenoxy) is 1. The Labute approximate surface area is 176 Å². The molecule has 0 spiro atoms. The fraction of sp³-hybridized carbons (Fsp3) is 0.240. The largest absolute Gasteiger partial charge is 0.457 e. The maximum Gasteiger partial charge on any atom is 0.331 e. The van der Waals surface area contributed by atoms with E-state index in [0.29, 0.717) is 17.7 Å². The van der Waals surface area contributed by atoms with Crippen LogP contribution in [-0.2, 0) is 16.0 Å². The molecule has 0 atom stereocenters. The van der Waals surface area contributed by atoms with Crippen molar-refractivity contribution in [2.75, 3.05) is 0 Å². The van der Waals surface area contributed by atoms with Gasteiger partial charge in [-0.25, -0.2) is 9.78 Å². The van der Waals surface area contributed by atoms with Crippen LogP contribution >= 0.6 is 0 Å². The molecule has 3 rings (SSSR count). The van der Waals surface area contributed by atoms with Gasteiger partial charge in [-0.3, -0.25) is 4.79 Å². The van der Waals surface area contributed by atoms with E-state index in [1.807, 2.05) is 70.2 Å². The lowest BCUT2D eigenvalue weighted by Gasteiger charge is -2.17. The lowest BCUT2D eigenvalue weighted by atomic mass is 10.1. The highest BCUT2D eigenvalue weighted by molar-refractivity contribution is 6.08. The van der Waals surface area contributed by atoms with Crippen molar-refractivity contribution in [3.8, 4) is 0 Å². The lowest BCUT2D eigenvalue weighted by Crippen LogP contribution is -2.22. The van der Waals surface area contributed by atoms with Gasteiger partial charge in [-0.1, -0.05) is 54.6 Å². The summed E-state index contributed by atoms with van der Waals surface area (Å²) in [7, 11) is 0. The Balaban J connectivity index is 1.66. The second-order valence-electron chi connectivity index (χ2n) is 8.14. The monoisotopic (exact) mass is 402 g/mol. The zero-order chi connectivity index (χ0) is 21.7. The van der Waals surface area contributed by atoms with Crippen LogP contribution < -0.4 is 0 Å². The van der Waals surface area contributed by atoms with Crippen molar-refractivity contribution in [1.82, 2.24) is 9.97 Å². The predicted molar refractivity (Wildman–Crippen MR) is 117 cm³/mol. The lowest BCUT2D eigenvalue weighted by molar-refractivity contribution is -0.148. The molecule has 1 N–H and O–H groups in total. The Kier molecular flexibility index (Phi) is 6.31. The van der Waals surface area contributed by atoms with Gasteiger partial charge in [0.1, 0.15) is 17.1 Å². The molecule has 1 heterocycles. The first-order valence-corrected chi connectivity index (χ1v) is 9.86. The average Bonchev–Trinajstić information content (AvgIpc) is 3.06. The van der Waals surface area contributed by atoms with Gasteiger partial charge in [0, 0.05) is 23.8 Å². The molecule has 0 aliphatic carbocycles. The number of carbonyl (C=O) groups excluding carboxylic acids is 2. The minimum Gasteiger partial charge on any atom is -0.457 e. The molecule has 0 unspecified atom stereocenters. The molecule has 2 aromatic carbocycles. The van der Waals surface area contributed by atoms with Crippen LogP contribution in [0.1, 0.15) is 59.5 Å². The second-order valence-corrected chi connectivity index (χ2v) is 8.14. The number of H-pyrrole nitrogens is 1. The number of imidazole rings is 1. The third-order valence-corrected chi connectivity index (χ3v) is 4.35. The van der Waals surface area contributed by atoms with Crippen LogP contribution in [0.15, 0.2) is 60.7 Å². The van der Waals surface area contributed by atoms with E-state index in [2.05, 4.69) is 9.97 Å². The molecule has 30 heavy (non-hydrogen) atoms. The summed E-state index contributed by atoms with van der Waals surface area (Å²) in [6.07, 6.45) is 3.74. The fourth-order valence-corrected chi connectivity index (χ4v) is 2.99. The molecule has 0 bridgehead atoms. The van der Waals surface area contributed by atoms with Crippen LogP contribution in [0, 0.1) is 6.92 Å². The average molecular weight is 402 g/mol. The highest BCUT2D eigenvalue weighted by Crippen LogP contribution is 2.16. The summed E-state index contributed by atoms with van der Waals surface area (Å²) < 4.78 is 5.26. The minimum absolute atomic E-state index is 0.0850. The number of hydrogen-bond donors (Lipinski definition) is 1. The first-order chi connectivity index (χ1) is 14.2. The van der Waals surface area contributed by atoms with Gasteiger partial charge in [0.15, 0.2) is 0 Å². The number of aromatic amines is 1. The third-order valence-electron chi connectivity index (χ3n) is 4.35. The normalized spacial score (nSPS) is 11.6. The van der Waals surface area contributed by atoms with Gasteiger partial charge in [-0.05, 0) is 44.9 Å². The van der Waals surface area contributed by atoms with Crippen molar-refractivity contribution in [3.05, 3.63) is 94.6 Å². The summed E-state index contributed by atoms with van der Waals surface area (Å²) in [5.41, 5.74) is 3.29. The molecule has 0 fully saturated rings. The van der Waals surface area contributed by atoms with E-state index < -0.39 is 5.60 Å². The second kappa shape index (κ2) is 8.91. The molecular weight excluding hydrogens is 376 g/mol. The van der Waals surface area contributed by atoms with E-state index in [1.54, 1.807) is 18.2 Å². The van der Waals surface area contributed by atoms with Crippen LogP contribution in [0.2, 0.25) is 0 Å². The summed E-state index contributed by atoms with van der Waals surface area (Å²) in [6.45, 7) is 7.37. The molecule has 0 saturated carbocycles. The van der Waals surface area contributed by atoms with Crippen LogP contribution in [0.5, 0.6) is 0 Å². The number of nitrogens with zero attached hydrogens (tertiary/aromatic N) is 1. The highest BCUT2D eigenvalue weighted by atomic mass is 16.6. The van der Waals surface area contributed by atoms with Crippen molar-refractivity contribution in [3.63, 3.8) is 0 Å². The summed E-state index contributed by atoms with van der Waals surface area (Å²) in [5.74, 6) is 0.287. The zero-order valence-corrected chi connectivity index (χ0v) is 17.7. The molecular formula is C25H26N2O3. The van der Waals surface area contributed by atoms with Gasteiger partial charge in [-0.15, -0.1) is 0 Å². The summed E-state index contributed by atoms with van der Waals surface area (Å²) in [5, 5.41) is 0. The molecule has 0 amide bonds. The number of hydrogen-bond acceptors (Lipinski definition) is 4. The van der Waals surface area contributed by atoms with Crippen molar-refractivity contribution in [2.45, 2.75) is 39.7 Å². The van der Waals surface area contributed by atoms with E-state index in [0.717, 1.165) is 22.6 Å². The Morgan fingerprint density at radius 1 is 1.03 bits per heavy atom. The van der Waals surface area contributed by atoms with Crippen LogP contribution in [0.3, 0.4) is 0 Å². The quantitative estimate of drug-likeness (QED) is 0.362. The third kappa shape index (κ3) is 5.77.